The van der Waals surface area contributed by atoms with Crippen LogP contribution in [0.3, 0.4) is 0 Å². The summed E-state index contributed by atoms with van der Waals surface area (Å²) in [6.07, 6.45) is -4.25. The Balaban J connectivity index is 2.18. The van der Waals surface area contributed by atoms with Crippen molar-refractivity contribution in [3.8, 4) is 0 Å². The summed E-state index contributed by atoms with van der Waals surface area (Å²) in [6, 6.07) is 4.52. The van der Waals surface area contributed by atoms with Gasteiger partial charge in [-0.1, -0.05) is 26.0 Å². The molecule has 2 amide bonds. The maximum absolute atomic E-state index is 12.5. The van der Waals surface area contributed by atoms with E-state index < -0.39 is 17.2 Å². The predicted molar refractivity (Wildman–Crippen MR) is 74.6 cm³/mol. The summed E-state index contributed by atoms with van der Waals surface area (Å²) in [5.74, 6) is -0.518. The normalized spacial score (nSPS) is 22.8. The largest absolute Gasteiger partial charge is 0.416 e. The number of halogens is 3. The van der Waals surface area contributed by atoms with Crippen LogP contribution in [0.2, 0.25) is 0 Å². The third-order valence-corrected chi connectivity index (χ3v) is 4.45. The van der Waals surface area contributed by atoms with E-state index in [0.29, 0.717) is 5.56 Å². The predicted octanol–water partition coefficient (Wildman–Crippen LogP) is 3.63. The summed E-state index contributed by atoms with van der Waals surface area (Å²) in [4.78, 5) is 25.6. The molecular weight excluding hydrogens is 295 g/mol. The summed E-state index contributed by atoms with van der Waals surface area (Å²) in [5.41, 5.74) is -0.978. The van der Waals surface area contributed by atoms with Gasteiger partial charge in [-0.3, -0.25) is 14.5 Å². The topological polar surface area (TPSA) is 37.4 Å². The van der Waals surface area contributed by atoms with Crippen molar-refractivity contribution in [1.29, 1.82) is 0 Å². The number of amides is 2. The first-order valence-corrected chi connectivity index (χ1v) is 7.06. The third kappa shape index (κ3) is 2.87. The highest BCUT2D eigenvalue weighted by atomic mass is 19.4. The van der Waals surface area contributed by atoms with Crippen LogP contribution in [0.1, 0.15) is 38.3 Å². The summed E-state index contributed by atoms with van der Waals surface area (Å²) < 4.78 is 37.6. The molecule has 0 aromatic heterocycles. The number of hydrogen-bond donors (Lipinski definition) is 0. The SMILES string of the molecule is CC(C)C1(C)CC(=O)N(Cc2ccc(C(F)(F)F)cc2)C1=O. The van der Waals surface area contributed by atoms with Crippen LogP contribution < -0.4 is 0 Å². The molecule has 120 valence electrons. The smallest absolute Gasteiger partial charge is 0.278 e. The van der Waals surface area contributed by atoms with Crippen LogP contribution in [0.25, 0.3) is 0 Å². The molecule has 1 heterocycles. The molecule has 6 heteroatoms. The molecule has 1 aromatic carbocycles. The molecule has 1 saturated heterocycles. The van der Waals surface area contributed by atoms with Crippen molar-refractivity contribution < 1.29 is 22.8 Å². The molecule has 22 heavy (non-hydrogen) atoms. The van der Waals surface area contributed by atoms with E-state index in [1.807, 2.05) is 13.8 Å². The first-order chi connectivity index (χ1) is 10.1. The van der Waals surface area contributed by atoms with Crippen LogP contribution >= 0.6 is 0 Å². The number of benzene rings is 1. The van der Waals surface area contributed by atoms with E-state index in [4.69, 9.17) is 0 Å². The molecule has 1 unspecified atom stereocenters. The Morgan fingerprint density at radius 2 is 1.73 bits per heavy atom. The van der Waals surface area contributed by atoms with E-state index in [9.17, 15) is 22.8 Å². The van der Waals surface area contributed by atoms with Crippen molar-refractivity contribution in [3.63, 3.8) is 0 Å². The van der Waals surface area contributed by atoms with Gasteiger partial charge in [0.25, 0.3) is 0 Å². The lowest BCUT2D eigenvalue weighted by Crippen LogP contribution is -2.36. The lowest BCUT2D eigenvalue weighted by molar-refractivity contribution is -0.143. The van der Waals surface area contributed by atoms with Crippen LogP contribution in [0.5, 0.6) is 0 Å². The van der Waals surface area contributed by atoms with Crippen molar-refractivity contribution >= 4 is 11.8 Å². The van der Waals surface area contributed by atoms with Gasteiger partial charge in [0.2, 0.25) is 11.8 Å². The number of nitrogens with zero attached hydrogens (tertiary/aromatic N) is 1. The second-order valence-electron chi connectivity index (χ2n) is 6.23. The number of rotatable bonds is 3. The standard InChI is InChI=1S/C16H18F3NO2/c1-10(2)15(3)8-13(21)20(14(15)22)9-11-4-6-12(7-5-11)16(17,18)19/h4-7,10H,8-9H2,1-3H3. The van der Waals surface area contributed by atoms with E-state index in [0.717, 1.165) is 17.0 Å². The minimum absolute atomic E-state index is 0.0120. The Morgan fingerprint density at radius 3 is 2.14 bits per heavy atom. The van der Waals surface area contributed by atoms with Gasteiger partial charge < -0.3 is 0 Å². The van der Waals surface area contributed by atoms with E-state index >= 15 is 0 Å². The fourth-order valence-corrected chi connectivity index (χ4v) is 2.50. The Kier molecular flexibility index (Phi) is 4.06. The molecule has 1 aromatic rings. The van der Waals surface area contributed by atoms with Gasteiger partial charge in [-0.05, 0) is 30.5 Å². The molecule has 3 nitrogen and oxygen atoms in total. The average molecular weight is 313 g/mol. The maximum Gasteiger partial charge on any atom is 0.416 e. The maximum atomic E-state index is 12.5. The highest BCUT2D eigenvalue weighted by molar-refractivity contribution is 6.05. The highest BCUT2D eigenvalue weighted by Crippen LogP contribution is 2.40. The zero-order valence-corrected chi connectivity index (χ0v) is 12.7. The first-order valence-electron chi connectivity index (χ1n) is 7.06. The van der Waals surface area contributed by atoms with Gasteiger partial charge in [0.05, 0.1) is 17.5 Å². The number of imide groups is 1. The van der Waals surface area contributed by atoms with E-state index in [2.05, 4.69) is 0 Å². The summed E-state index contributed by atoms with van der Waals surface area (Å²) >= 11 is 0. The van der Waals surface area contributed by atoms with E-state index in [1.54, 1.807) is 6.92 Å². The molecule has 0 saturated carbocycles. The summed E-state index contributed by atoms with van der Waals surface area (Å²) in [7, 11) is 0. The van der Waals surface area contributed by atoms with Gasteiger partial charge in [0.1, 0.15) is 0 Å². The monoisotopic (exact) mass is 313 g/mol. The molecule has 0 radical (unpaired) electrons. The Morgan fingerprint density at radius 1 is 1.18 bits per heavy atom. The summed E-state index contributed by atoms with van der Waals surface area (Å²) in [5, 5.41) is 0. The van der Waals surface area contributed by atoms with Gasteiger partial charge in [-0.2, -0.15) is 13.2 Å². The molecule has 1 fully saturated rings. The Labute approximate surface area is 127 Å². The summed E-state index contributed by atoms with van der Waals surface area (Å²) in [6.45, 7) is 5.53. The first kappa shape index (κ1) is 16.5. The third-order valence-electron chi connectivity index (χ3n) is 4.45. The lowest BCUT2D eigenvalue weighted by atomic mass is 9.78. The van der Waals surface area contributed by atoms with Crippen molar-refractivity contribution in [1.82, 2.24) is 4.90 Å². The second-order valence-corrected chi connectivity index (χ2v) is 6.23. The zero-order chi connectivity index (χ0) is 16.7. The molecule has 0 bridgehead atoms. The quantitative estimate of drug-likeness (QED) is 0.799. The van der Waals surface area contributed by atoms with Gasteiger partial charge in [0.15, 0.2) is 0 Å². The number of hydrogen-bond acceptors (Lipinski definition) is 2. The molecule has 0 spiro atoms. The van der Waals surface area contributed by atoms with Crippen LogP contribution in [-0.4, -0.2) is 16.7 Å². The molecule has 1 atom stereocenters. The molecule has 1 aliphatic heterocycles. The van der Waals surface area contributed by atoms with E-state index in [1.165, 1.54) is 12.1 Å². The van der Waals surface area contributed by atoms with Crippen LogP contribution in [0.4, 0.5) is 13.2 Å². The molecular formula is C16H18F3NO2. The molecule has 0 aliphatic carbocycles. The fourth-order valence-electron chi connectivity index (χ4n) is 2.50. The van der Waals surface area contributed by atoms with E-state index in [-0.39, 0.29) is 30.7 Å². The Hall–Kier alpha value is -1.85. The second kappa shape index (κ2) is 5.41. The highest BCUT2D eigenvalue weighted by Gasteiger charge is 2.49. The van der Waals surface area contributed by atoms with Crippen LogP contribution in [0.15, 0.2) is 24.3 Å². The fraction of sp³-hybridized carbons (Fsp3) is 0.500. The lowest BCUT2D eigenvalue weighted by Gasteiger charge is -2.26. The van der Waals surface area contributed by atoms with Crippen molar-refractivity contribution in [2.75, 3.05) is 0 Å². The minimum Gasteiger partial charge on any atom is -0.278 e. The van der Waals surface area contributed by atoms with Gasteiger partial charge in [-0.25, -0.2) is 0 Å². The minimum atomic E-state index is -4.39. The van der Waals surface area contributed by atoms with Gasteiger partial charge >= 0.3 is 6.18 Å². The number of alkyl halides is 3. The zero-order valence-electron chi connectivity index (χ0n) is 12.7. The van der Waals surface area contributed by atoms with Crippen molar-refractivity contribution in [2.24, 2.45) is 11.3 Å². The Bertz CT molecular complexity index is 592. The number of likely N-dealkylation sites (tertiary alicyclic amines) is 1. The van der Waals surface area contributed by atoms with Crippen LogP contribution in [-0.2, 0) is 22.3 Å². The van der Waals surface area contributed by atoms with Crippen molar-refractivity contribution in [2.45, 2.75) is 39.9 Å². The van der Waals surface area contributed by atoms with Gasteiger partial charge in [0, 0.05) is 6.42 Å². The number of carbonyl (C=O) groups excluding carboxylic acids is 2. The van der Waals surface area contributed by atoms with Gasteiger partial charge in [-0.15, -0.1) is 0 Å². The number of carbonyl (C=O) groups is 2. The molecule has 2 rings (SSSR count). The average Bonchev–Trinajstić information content (AvgIpc) is 2.63. The molecule has 1 aliphatic rings. The van der Waals surface area contributed by atoms with Crippen LogP contribution in [0, 0.1) is 11.3 Å². The van der Waals surface area contributed by atoms with Crippen molar-refractivity contribution in [3.05, 3.63) is 35.4 Å². The molecule has 0 N–H and O–H groups in total.